The molecule has 0 fully saturated rings. The van der Waals surface area contributed by atoms with Crippen LogP contribution in [0.25, 0.3) is 0 Å². The van der Waals surface area contributed by atoms with Gasteiger partial charge in [-0.3, -0.25) is 4.68 Å². The first-order chi connectivity index (χ1) is 8.40. The first-order valence-corrected chi connectivity index (χ1v) is 7.96. The van der Waals surface area contributed by atoms with Crippen molar-refractivity contribution in [3.63, 3.8) is 0 Å². The molecule has 18 heavy (non-hydrogen) atoms. The van der Waals surface area contributed by atoms with E-state index in [1.165, 1.54) is 6.26 Å². The number of sulfonamides is 1. The van der Waals surface area contributed by atoms with Gasteiger partial charge in [-0.15, -0.1) is 0 Å². The van der Waals surface area contributed by atoms with E-state index in [9.17, 15) is 8.42 Å². The fourth-order valence-corrected chi connectivity index (χ4v) is 2.11. The van der Waals surface area contributed by atoms with Gasteiger partial charge in [-0.05, 0) is 32.9 Å². The highest BCUT2D eigenvalue weighted by Gasteiger charge is 2.12. The van der Waals surface area contributed by atoms with Crippen LogP contribution in [0.4, 0.5) is 0 Å². The van der Waals surface area contributed by atoms with Gasteiger partial charge in [0.2, 0.25) is 10.0 Å². The molecule has 104 valence electrons. The van der Waals surface area contributed by atoms with Crippen LogP contribution in [-0.2, 0) is 10.0 Å². The molecule has 0 aliphatic carbocycles. The van der Waals surface area contributed by atoms with Gasteiger partial charge in [0.05, 0.1) is 12.3 Å². The molecule has 0 spiro atoms. The fourth-order valence-electron chi connectivity index (χ4n) is 1.60. The Bertz CT molecular complexity index is 430. The number of hydrogen-bond acceptors (Lipinski definition) is 4. The summed E-state index contributed by atoms with van der Waals surface area (Å²) in [6.45, 7) is 5.43. The zero-order chi connectivity index (χ0) is 13.6. The van der Waals surface area contributed by atoms with Crippen LogP contribution < -0.4 is 10.0 Å². The van der Waals surface area contributed by atoms with Crippen LogP contribution in [0.3, 0.4) is 0 Å². The van der Waals surface area contributed by atoms with Crippen LogP contribution in [-0.4, -0.2) is 43.6 Å². The minimum atomic E-state index is -3.07. The number of nitrogens with zero attached hydrogens (tertiary/aromatic N) is 2. The molecule has 0 bridgehead atoms. The molecule has 0 amide bonds. The van der Waals surface area contributed by atoms with Gasteiger partial charge in [-0.2, -0.15) is 5.10 Å². The molecule has 1 aromatic heterocycles. The van der Waals surface area contributed by atoms with Crippen LogP contribution in [0.5, 0.6) is 0 Å². The molecule has 0 unspecified atom stereocenters. The van der Waals surface area contributed by atoms with E-state index in [0.717, 1.165) is 13.0 Å². The Morgan fingerprint density at radius 2 is 2.06 bits per heavy atom. The molecular formula is C11H22N4O2S. The number of rotatable bonds is 8. The molecule has 0 saturated heterocycles. The summed E-state index contributed by atoms with van der Waals surface area (Å²) in [6, 6.07) is 2.45. The third kappa shape index (κ3) is 5.61. The zero-order valence-corrected chi connectivity index (χ0v) is 11.9. The largest absolute Gasteiger partial charge is 0.312 e. The molecule has 1 aromatic rings. The second kappa shape index (κ2) is 6.86. The van der Waals surface area contributed by atoms with E-state index in [2.05, 4.69) is 29.0 Å². The summed E-state index contributed by atoms with van der Waals surface area (Å²) >= 11 is 0. The summed E-state index contributed by atoms with van der Waals surface area (Å²) in [4.78, 5) is 0. The average Bonchev–Trinajstić information content (AvgIpc) is 2.79. The maximum Gasteiger partial charge on any atom is 0.208 e. The summed E-state index contributed by atoms with van der Waals surface area (Å²) in [5.74, 6) is 0. The molecule has 0 aromatic carbocycles. The van der Waals surface area contributed by atoms with Crippen molar-refractivity contribution in [2.24, 2.45) is 0 Å². The predicted molar refractivity (Wildman–Crippen MR) is 71.9 cm³/mol. The van der Waals surface area contributed by atoms with Crippen LogP contribution in [0, 0.1) is 0 Å². The summed E-state index contributed by atoms with van der Waals surface area (Å²) in [5.41, 5.74) is 0. The van der Waals surface area contributed by atoms with Gasteiger partial charge < -0.3 is 5.32 Å². The van der Waals surface area contributed by atoms with Crippen molar-refractivity contribution in [3.8, 4) is 0 Å². The molecule has 1 heterocycles. The first-order valence-electron chi connectivity index (χ1n) is 6.07. The number of hydrogen-bond donors (Lipinski definition) is 2. The van der Waals surface area contributed by atoms with Gasteiger partial charge in [0.15, 0.2) is 0 Å². The normalized spacial score (nSPS) is 15.5. The van der Waals surface area contributed by atoms with E-state index in [-0.39, 0.29) is 12.1 Å². The first kappa shape index (κ1) is 15.1. The van der Waals surface area contributed by atoms with E-state index >= 15 is 0 Å². The Morgan fingerprint density at radius 1 is 1.33 bits per heavy atom. The number of aromatic nitrogens is 2. The summed E-state index contributed by atoms with van der Waals surface area (Å²) in [6.07, 6.45) is 5.64. The van der Waals surface area contributed by atoms with Gasteiger partial charge in [0, 0.05) is 25.0 Å². The van der Waals surface area contributed by atoms with Crippen molar-refractivity contribution in [2.75, 3.05) is 19.3 Å². The lowest BCUT2D eigenvalue weighted by Crippen LogP contribution is -2.36. The topological polar surface area (TPSA) is 76.0 Å². The van der Waals surface area contributed by atoms with Crippen LogP contribution in [0.1, 0.15) is 26.3 Å². The van der Waals surface area contributed by atoms with Crippen molar-refractivity contribution in [1.29, 1.82) is 0 Å². The predicted octanol–water partition coefficient (Wildman–Crippen LogP) is 0.362. The number of nitrogens with one attached hydrogen (secondary N) is 2. The minimum Gasteiger partial charge on any atom is -0.312 e. The molecule has 6 nitrogen and oxygen atoms in total. The van der Waals surface area contributed by atoms with Crippen LogP contribution >= 0.6 is 0 Å². The van der Waals surface area contributed by atoms with Crippen LogP contribution in [0.15, 0.2) is 18.5 Å². The Kier molecular flexibility index (Phi) is 5.77. The Morgan fingerprint density at radius 3 is 2.61 bits per heavy atom. The standard InChI is InChI=1S/C11H22N4O2S/c1-10(11(2)15-9-5-7-13-15)12-6-4-8-14-18(3,16)17/h5,7,9-12,14H,4,6,8H2,1-3H3/t10-,11-/m0/s1. The van der Waals surface area contributed by atoms with E-state index < -0.39 is 10.0 Å². The second-order valence-electron chi connectivity index (χ2n) is 4.49. The quantitative estimate of drug-likeness (QED) is 0.671. The fraction of sp³-hybridized carbons (Fsp3) is 0.727. The second-order valence-corrected chi connectivity index (χ2v) is 6.32. The highest BCUT2D eigenvalue weighted by atomic mass is 32.2. The van der Waals surface area contributed by atoms with E-state index in [1.807, 2.05) is 16.9 Å². The molecule has 2 N–H and O–H groups in total. The van der Waals surface area contributed by atoms with E-state index in [4.69, 9.17) is 0 Å². The van der Waals surface area contributed by atoms with Crippen molar-refractivity contribution in [3.05, 3.63) is 18.5 Å². The Labute approximate surface area is 109 Å². The van der Waals surface area contributed by atoms with E-state index in [0.29, 0.717) is 6.54 Å². The third-order valence-electron chi connectivity index (χ3n) is 2.85. The smallest absolute Gasteiger partial charge is 0.208 e. The molecule has 7 heteroatoms. The lowest BCUT2D eigenvalue weighted by atomic mass is 10.1. The molecular weight excluding hydrogens is 252 g/mol. The Balaban J connectivity index is 2.19. The monoisotopic (exact) mass is 274 g/mol. The van der Waals surface area contributed by atoms with Gasteiger partial charge in [-0.1, -0.05) is 0 Å². The maximum absolute atomic E-state index is 10.8. The molecule has 0 aliphatic rings. The minimum absolute atomic E-state index is 0.267. The molecule has 0 radical (unpaired) electrons. The molecule has 0 saturated carbocycles. The highest BCUT2D eigenvalue weighted by Crippen LogP contribution is 2.08. The van der Waals surface area contributed by atoms with Gasteiger partial charge >= 0.3 is 0 Å². The van der Waals surface area contributed by atoms with Crippen molar-refractivity contribution in [1.82, 2.24) is 19.8 Å². The molecule has 0 aliphatic heterocycles. The summed E-state index contributed by atoms with van der Waals surface area (Å²) in [7, 11) is -3.07. The van der Waals surface area contributed by atoms with E-state index in [1.54, 1.807) is 6.20 Å². The van der Waals surface area contributed by atoms with Gasteiger partial charge in [-0.25, -0.2) is 13.1 Å². The summed E-state index contributed by atoms with van der Waals surface area (Å²) < 4.78 is 26.1. The van der Waals surface area contributed by atoms with Crippen LogP contribution in [0.2, 0.25) is 0 Å². The lowest BCUT2D eigenvalue weighted by molar-refractivity contribution is 0.365. The Hall–Kier alpha value is -0.920. The van der Waals surface area contributed by atoms with Crippen molar-refractivity contribution in [2.45, 2.75) is 32.4 Å². The molecule has 1 rings (SSSR count). The third-order valence-corrected chi connectivity index (χ3v) is 3.58. The van der Waals surface area contributed by atoms with Gasteiger partial charge in [0.25, 0.3) is 0 Å². The lowest BCUT2D eigenvalue weighted by Gasteiger charge is -2.21. The SMILES string of the molecule is C[C@H](NCCCNS(C)(=O)=O)[C@H](C)n1cccn1. The summed E-state index contributed by atoms with van der Waals surface area (Å²) in [5, 5.41) is 7.56. The maximum atomic E-state index is 10.8. The zero-order valence-electron chi connectivity index (χ0n) is 11.1. The average molecular weight is 274 g/mol. The van der Waals surface area contributed by atoms with Crippen molar-refractivity contribution < 1.29 is 8.42 Å². The highest BCUT2D eigenvalue weighted by molar-refractivity contribution is 7.88. The van der Waals surface area contributed by atoms with Crippen molar-refractivity contribution >= 4 is 10.0 Å². The molecule has 2 atom stereocenters. The van der Waals surface area contributed by atoms with Gasteiger partial charge in [0.1, 0.15) is 0 Å².